The van der Waals surface area contributed by atoms with E-state index in [9.17, 15) is 19.1 Å². The maximum absolute atomic E-state index is 13.5. The van der Waals surface area contributed by atoms with Gasteiger partial charge in [0.25, 0.3) is 5.78 Å². The Kier molecular flexibility index (Phi) is 5.29. The van der Waals surface area contributed by atoms with Crippen LogP contribution in [0.25, 0.3) is 16.0 Å². The number of thiazole rings is 1. The second-order valence-corrected chi connectivity index (χ2v) is 9.52. The first-order chi connectivity index (χ1) is 16.2. The van der Waals surface area contributed by atoms with Gasteiger partial charge in [0.05, 0.1) is 21.8 Å². The first kappa shape index (κ1) is 22.0. The number of ketones is 1. The van der Waals surface area contributed by atoms with Crippen molar-refractivity contribution < 1.29 is 19.1 Å². The molecule has 1 N–H and O–H groups in total. The molecule has 0 bridgehead atoms. The average molecular weight is 473 g/mol. The number of amides is 1. The second kappa shape index (κ2) is 8.18. The average Bonchev–Trinajstić information content (AvgIpc) is 3.33. The molecule has 0 radical (unpaired) electrons. The first-order valence-electron chi connectivity index (χ1n) is 10.8. The van der Waals surface area contributed by atoms with Crippen LogP contribution < -0.4 is 4.90 Å². The van der Waals surface area contributed by atoms with E-state index in [1.807, 2.05) is 57.2 Å². The summed E-state index contributed by atoms with van der Waals surface area (Å²) in [5, 5.41) is 11.5. The van der Waals surface area contributed by atoms with E-state index in [0.29, 0.717) is 10.7 Å². The van der Waals surface area contributed by atoms with Crippen LogP contribution in [0.3, 0.4) is 0 Å². The number of fused-ring (bicyclic) bond motifs is 1. The van der Waals surface area contributed by atoms with Crippen molar-refractivity contribution in [3.05, 3.63) is 99.9 Å². The van der Waals surface area contributed by atoms with E-state index < -0.39 is 23.5 Å². The van der Waals surface area contributed by atoms with Gasteiger partial charge in [-0.1, -0.05) is 47.2 Å². The van der Waals surface area contributed by atoms with Crippen molar-refractivity contribution in [3.8, 4) is 0 Å². The van der Waals surface area contributed by atoms with Gasteiger partial charge >= 0.3 is 5.91 Å². The Morgan fingerprint density at radius 1 is 0.971 bits per heavy atom. The number of halogens is 1. The molecule has 0 unspecified atom stereocenters. The van der Waals surface area contributed by atoms with Crippen molar-refractivity contribution in [1.29, 1.82) is 0 Å². The van der Waals surface area contributed by atoms with Gasteiger partial charge in [0, 0.05) is 5.56 Å². The summed E-state index contributed by atoms with van der Waals surface area (Å²) in [4.78, 5) is 32.6. The summed E-state index contributed by atoms with van der Waals surface area (Å²) in [6.45, 7) is 5.89. The summed E-state index contributed by atoms with van der Waals surface area (Å²) in [6, 6.07) is 15.8. The van der Waals surface area contributed by atoms with Crippen LogP contribution in [0.5, 0.6) is 0 Å². The largest absolute Gasteiger partial charge is 0.507 e. The Morgan fingerprint density at radius 2 is 1.65 bits per heavy atom. The molecular weight excluding hydrogens is 451 g/mol. The highest BCUT2D eigenvalue weighted by molar-refractivity contribution is 7.22. The van der Waals surface area contributed by atoms with Gasteiger partial charge in [-0.05, 0) is 67.8 Å². The van der Waals surface area contributed by atoms with Crippen molar-refractivity contribution in [3.63, 3.8) is 0 Å². The Balaban J connectivity index is 1.74. The zero-order valence-corrected chi connectivity index (χ0v) is 19.6. The molecule has 0 aliphatic carbocycles. The van der Waals surface area contributed by atoms with Gasteiger partial charge < -0.3 is 5.11 Å². The molecule has 0 saturated carbocycles. The lowest BCUT2D eigenvalue weighted by molar-refractivity contribution is -0.132. The van der Waals surface area contributed by atoms with Crippen molar-refractivity contribution in [1.82, 2.24) is 4.98 Å². The fraction of sp³-hybridized carbons (Fsp3) is 0.148. The number of anilines is 1. The van der Waals surface area contributed by atoms with E-state index >= 15 is 0 Å². The molecule has 1 fully saturated rings. The first-order valence-corrected chi connectivity index (χ1v) is 11.6. The van der Waals surface area contributed by atoms with Gasteiger partial charge in [0.1, 0.15) is 11.6 Å². The van der Waals surface area contributed by atoms with Crippen molar-refractivity contribution >= 4 is 44.1 Å². The number of aliphatic hydroxyl groups excluding tert-OH is 1. The van der Waals surface area contributed by atoms with E-state index in [1.54, 1.807) is 0 Å². The summed E-state index contributed by atoms with van der Waals surface area (Å²) in [6.07, 6.45) is 0. The van der Waals surface area contributed by atoms with Crippen LogP contribution in [-0.4, -0.2) is 21.8 Å². The highest BCUT2D eigenvalue weighted by Gasteiger charge is 2.48. The van der Waals surface area contributed by atoms with E-state index in [2.05, 4.69) is 0 Å². The molecule has 3 aromatic carbocycles. The minimum absolute atomic E-state index is 0.0485. The van der Waals surface area contributed by atoms with Crippen LogP contribution in [-0.2, 0) is 9.59 Å². The summed E-state index contributed by atoms with van der Waals surface area (Å²) in [5.74, 6) is -2.38. The fourth-order valence-corrected chi connectivity index (χ4v) is 5.49. The van der Waals surface area contributed by atoms with E-state index in [0.717, 1.165) is 26.9 Å². The van der Waals surface area contributed by atoms with Gasteiger partial charge in [-0.2, -0.15) is 0 Å². The van der Waals surface area contributed by atoms with Crippen molar-refractivity contribution in [2.45, 2.75) is 26.8 Å². The Labute approximate surface area is 199 Å². The Hall–Kier alpha value is -3.84. The predicted octanol–water partition coefficient (Wildman–Crippen LogP) is 5.99. The highest BCUT2D eigenvalue weighted by Crippen LogP contribution is 2.44. The van der Waals surface area contributed by atoms with Gasteiger partial charge in [0.2, 0.25) is 0 Å². The zero-order valence-electron chi connectivity index (χ0n) is 18.8. The summed E-state index contributed by atoms with van der Waals surface area (Å²) in [5.41, 5.74) is 4.72. The molecule has 2 heterocycles. The number of Topliss-reactive ketones (excluding diaryl/α,β-unsaturated/α-hetero) is 1. The number of benzene rings is 3. The topological polar surface area (TPSA) is 70.5 Å². The number of carbonyl (C=O) groups excluding carboxylic acids is 2. The van der Waals surface area contributed by atoms with Gasteiger partial charge in [-0.25, -0.2) is 9.37 Å². The minimum atomic E-state index is -0.868. The molecule has 5 rings (SSSR count). The molecule has 170 valence electrons. The molecule has 1 amide bonds. The standard InChI is InChI=1S/C27H21FN2O3S/c1-14-4-6-17(7-5-14)23-21(24(31)18-8-10-19(28)11-9-18)25(32)26(33)30(23)27-29-22-16(3)12-15(2)13-20(22)34-27/h4-13,23,31H,1-3H3/t23-/m1/s1. The SMILES string of the molecule is Cc1ccc([C@@H]2C(=C(O)c3ccc(F)cc3)C(=O)C(=O)N2c2nc3c(C)cc(C)cc3s2)cc1. The van der Waals surface area contributed by atoms with Gasteiger partial charge in [0.15, 0.2) is 5.13 Å². The molecule has 34 heavy (non-hydrogen) atoms. The maximum Gasteiger partial charge on any atom is 0.301 e. The number of hydrogen-bond donors (Lipinski definition) is 1. The number of aromatic nitrogens is 1. The number of aryl methyl sites for hydroxylation is 3. The fourth-order valence-electron chi connectivity index (χ4n) is 4.32. The van der Waals surface area contributed by atoms with Gasteiger partial charge in [-0.3, -0.25) is 14.5 Å². The zero-order chi connectivity index (χ0) is 24.1. The molecule has 1 aromatic heterocycles. The molecule has 1 aliphatic rings. The number of aliphatic hydroxyl groups is 1. The van der Waals surface area contributed by atoms with Crippen LogP contribution in [0.4, 0.5) is 9.52 Å². The molecule has 1 atom stereocenters. The van der Waals surface area contributed by atoms with Crippen LogP contribution in [0.15, 0.2) is 66.2 Å². The van der Waals surface area contributed by atoms with E-state index in [4.69, 9.17) is 4.98 Å². The Bertz CT molecular complexity index is 1490. The summed E-state index contributed by atoms with van der Waals surface area (Å²) < 4.78 is 14.4. The number of hydrogen-bond acceptors (Lipinski definition) is 5. The third-order valence-electron chi connectivity index (χ3n) is 5.98. The third kappa shape index (κ3) is 3.58. The number of rotatable bonds is 3. The second-order valence-electron chi connectivity index (χ2n) is 8.51. The lowest BCUT2D eigenvalue weighted by Gasteiger charge is -2.23. The monoisotopic (exact) mass is 472 g/mol. The molecule has 1 aliphatic heterocycles. The molecule has 5 nitrogen and oxygen atoms in total. The molecule has 4 aromatic rings. The van der Waals surface area contributed by atoms with Crippen LogP contribution in [0.1, 0.15) is 33.9 Å². The lowest BCUT2D eigenvalue weighted by atomic mass is 9.95. The van der Waals surface area contributed by atoms with Crippen molar-refractivity contribution in [2.24, 2.45) is 0 Å². The van der Waals surface area contributed by atoms with Crippen LogP contribution in [0, 0.1) is 26.6 Å². The normalized spacial score (nSPS) is 17.6. The predicted molar refractivity (Wildman–Crippen MR) is 131 cm³/mol. The van der Waals surface area contributed by atoms with E-state index in [-0.39, 0.29) is 16.9 Å². The number of carbonyl (C=O) groups is 2. The third-order valence-corrected chi connectivity index (χ3v) is 6.98. The molecule has 0 spiro atoms. The summed E-state index contributed by atoms with van der Waals surface area (Å²) >= 11 is 1.33. The Morgan fingerprint density at radius 3 is 2.32 bits per heavy atom. The van der Waals surface area contributed by atoms with Crippen LogP contribution >= 0.6 is 11.3 Å². The van der Waals surface area contributed by atoms with E-state index in [1.165, 1.54) is 40.5 Å². The minimum Gasteiger partial charge on any atom is -0.507 e. The lowest BCUT2D eigenvalue weighted by Crippen LogP contribution is -2.29. The quantitative estimate of drug-likeness (QED) is 0.226. The van der Waals surface area contributed by atoms with Crippen molar-refractivity contribution in [2.75, 3.05) is 4.90 Å². The van der Waals surface area contributed by atoms with Gasteiger partial charge in [-0.15, -0.1) is 0 Å². The number of nitrogens with zero attached hydrogens (tertiary/aromatic N) is 2. The maximum atomic E-state index is 13.5. The molecular formula is C27H21FN2O3S. The summed E-state index contributed by atoms with van der Waals surface area (Å²) in [7, 11) is 0. The molecule has 7 heteroatoms. The highest BCUT2D eigenvalue weighted by atomic mass is 32.1. The molecule has 1 saturated heterocycles. The van der Waals surface area contributed by atoms with Crippen LogP contribution in [0.2, 0.25) is 0 Å². The smallest absolute Gasteiger partial charge is 0.301 e.